The fourth-order valence-corrected chi connectivity index (χ4v) is 3.79. The molecule has 2 N–H and O–H groups in total. The first kappa shape index (κ1) is 19.0. The van der Waals surface area contributed by atoms with E-state index in [1.165, 1.54) is 24.1 Å². The van der Waals surface area contributed by atoms with Gasteiger partial charge in [-0.1, -0.05) is 35.0 Å². The zero-order valence-corrected chi connectivity index (χ0v) is 16.3. The Kier molecular flexibility index (Phi) is 4.98. The highest BCUT2D eigenvalue weighted by atomic mass is 35.5. The SMILES string of the molecule is Cn1c(N2CCCC2c2ccccc2Cl)nc(C(=O)Nc2cnoc2)c(O)c1=O. The molecule has 1 atom stereocenters. The lowest BCUT2D eigenvalue weighted by Gasteiger charge is -2.28. The number of nitrogens with one attached hydrogen (secondary N) is 1. The molecule has 3 heterocycles. The van der Waals surface area contributed by atoms with Gasteiger partial charge in [0.1, 0.15) is 12.0 Å². The molecule has 1 aliphatic rings. The van der Waals surface area contributed by atoms with Gasteiger partial charge in [0.05, 0.1) is 12.2 Å². The Morgan fingerprint density at radius 3 is 2.90 bits per heavy atom. The Morgan fingerprint density at radius 1 is 1.38 bits per heavy atom. The summed E-state index contributed by atoms with van der Waals surface area (Å²) in [6, 6.07) is 7.41. The van der Waals surface area contributed by atoms with Crippen LogP contribution in [0.3, 0.4) is 0 Å². The molecular formula is C19H18ClN5O4. The summed E-state index contributed by atoms with van der Waals surface area (Å²) in [5.74, 6) is -1.18. The van der Waals surface area contributed by atoms with Crippen LogP contribution in [0.25, 0.3) is 0 Å². The molecular weight excluding hydrogens is 398 g/mol. The third-order valence-electron chi connectivity index (χ3n) is 4.92. The average molecular weight is 416 g/mol. The van der Waals surface area contributed by atoms with Crippen LogP contribution in [0.5, 0.6) is 5.75 Å². The van der Waals surface area contributed by atoms with E-state index >= 15 is 0 Å². The molecule has 0 saturated carbocycles. The van der Waals surface area contributed by atoms with Gasteiger partial charge in [-0.3, -0.25) is 14.2 Å². The van der Waals surface area contributed by atoms with Gasteiger partial charge < -0.3 is 19.8 Å². The van der Waals surface area contributed by atoms with Gasteiger partial charge in [-0.2, -0.15) is 0 Å². The summed E-state index contributed by atoms with van der Waals surface area (Å²) in [6.07, 6.45) is 4.22. The maximum Gasteiger partial charge on any atom is 0.297 e. The number of benzene rings is 1. The summed E-state index contributed by atoms with van der Waals surface area (Å²) >= 11 is 6.38. The summed E-state index contributed by atoms with van der Waals surface area (Å²) in [7, 11) is 1.51. The average Bonchev–Trinajstić information content (AvgIpc) is 3.39. The van der Waals surface area contributed by atoms with Crippen molar-refractivity contribution in [2.45, 2.75) is 18.9 Å². The highest BCUT2D eigenvalue weighted by Gasteiger charge is 2.32. The number of aromatic hydroxyl groups is 1. The minimum absolute atomic E-state index is 0.0969. The summed E-state index contributed by atoms with van der Waals surface area (Å²) < 4.78 is 5.91. The van der Waals surface area contributed by atoms with Gasteiger partial charge in [0.15, 0.2) is 5.69 Å². The largest absolute Gasteiger partial charge is 0.501 e. The monoisotopic (exact) mass is 415 g/mol. The predicted octanol–water partition coefficient (Wildman–Crippen LogP) is 2.72. The normalized spacial score (nSPS) is 16.2. The second-order valence-electron chi connectivity index (χ2n) is 6.71. The molecule has 9 nitrogen and oxygen atoms in total. The highest BCUT2D eigenvalue weighted by molar-refractivity contribution is 6.31. The van der Waals surface area contributed by atoms with Crippen LogP contribution in [-0.4, -0.2) is 32.3 Å². The molecule has 2 aromatic heterocycles. The van der Waals surface area contributed by atoms with E-state index in [2.05, 4.69) is 20.0 Å². The van der Waals surface area contributed by atoms with E-state index in [0.29, 0.717) is 11.6 Å². The van der Waals surface area contributed by atoms with Gasteiger partial charge in [-0.25, -0.2) is 4.98 Å². The number of halogens is 1. The number of rotatable bonds is 4. The minimum atomic E-state index is -0.738. The van der Waals surface area contributed by atoms with Crippen molar-refractivity contribution in [2.75, 3.05) is 16.8 Å². The molecule has 0 radical (unpaired) electrons. The molecule has 4 rings (SSSR count). The molecule has 1 fully saturated rings. The molecule has 1 saturated heterocycles. The molecule has 0 bridgehead atoms. The summed E-state index contributed by atoms with van der Waals surface area (Å²) in [6.45, 7) is 0.633. The lowest BCUT2D eigenvalue weighted by Crippen LogP contribution is -2.33. The van der Waals surface area contributed by atoms with Crippen molar-refractivity contribution in [3.8, 4) is 5.75 Å². The Balaban J connectivity index is 1.75. The van der Waals surface area contributed by atoms with Crippen LogP contribution < -0.4 is 15.8 Å². The second-order valence-corrected chi connectivity index (χ2v) is 7.12. The highest BCUT2D eigenvalue weighted by Crippen LogP contribution is 2.38. The zero-order chi connectivity index (χ0) is 20.5. The van der Waals surface area contributed by atoms with E-state index in [1.807, 2.05) is 29.2 Å². The van der Waals surface area contributed by atoms with Crippen molar-refractivity contribution in [2.24, 2.45) is 7.05 Å². The number of amides is 1. The molecule has 1 amide bonds. The maximum atomic E-state index is 12.6. The topological polar surface area (TPSA) is 113 Å². The zero-order valence-electron chi connectivity index (χ0n) is 15.5. The molecule has 29 heavy (non-hydrogen) atoms. The van der Waals surface area contributed by atoms with Crippen molar-refractivity contribution in [3.63, 3.8) is 0 Å². The van der Waals surface area contributed by atoms with Crippen LogP contribution in [0.4, 0.5) is 11.6 Å². The van der Waals surface area contributed by atoms with Gasteiger partial charge in [0.25, 0.3) is 11.5 Å². The van der Waals surface area contributed by atoms with Gasteiger partial charge in [0, 0.05) is 18.6 Å². The third kappa shape index (κ3) is 3.44. The molecule has 1 aliphatic heterocycles. The van der Waals surface area contributed by atoms with Crippen molar-refractivity contribution in [3.05, 3.63) is 63.4 Å². The Labute approximate surface area is 170 Å². The second kappa shape index (κ2) is 7.59. The number of hydrogen-bond acceptors (Lipinski definition) is 7. The third-order valence-corrected chi connectivity index (χ3v) is 5.27. The molecule has 0 spiro atoms. The molecule has 3 aromatic rings. The van der Waals surface area contributed by atoms with Crippen LogP contribution in [0.15, 0.2) is 46.0 Å². The fourth-order valence-electron chi connectivity index (χ4n) is 3.53. The van der Waals surface area contributed by atoms with E-state index in [0.717, 1.165) is 18.4 Å². The van der Waals surface area contributed by atoms with Crippen molar-refractivity contribution in [1.82, 2.24) is 14.7 Å². The predicted molar refractivity (Wildman–Crippen MR) is 106 cm³/mol. The molecule has 10 heteroatoms. The summed E-state index contributed by atoms with van der Waals surface area (Å²) in [4.78, 5) is 31.4. The Bertz CT molecular complexity index is 1110. The van der Waals surface area contributed by atoms with Gasteiger partial charge in [0.2, 0.25) is 11.7 Å². The molecule has 0 aliphatic carbocycles. The maximum absolute atomic E-state index is 12.6. The van der Waals surface area contributed by atoms with Crippen molar-refractivity contribution in [1.29, 1.82) is 0 Å². The minimum Gasteiger partial charge on any atom is -0.501 e. The van der Waals surface area contributed by atoms with Crippen molar-refractivity contribution >= 4 is 29.1 Å². The number of carbonyl (C=O) groups is 1. The first-order valence-electron chi connectivity index (χ1n) is 8.99. The number of anilines is 2. The van der Waals surface area contributed by atoms with E-state index < -0.39 is 17.2 Å². The number of carbonyl (C=O) groups excluding carboxylic acids is 1. The lowest BCUT2D eigenvalue weighted by atomic mass is 10.0. The van der Waals surface area contributed by atoms with Gasteiger partial charge in [-0.15, -0.1) is 0 Å². The number of nitrogens with zero attached hydrogens (tertiary/aromatic N) is 4. The Morgan fingerprint density at radius 2 is 2.17 bits per heavy atom. The van der Waals surface area contributed by atoms with Crippen LogP contribution in [0.1, 0.15) is 34.9 Å². The first-order valence-corrected chi connectivity index (χ1v) is 9.37. The van der Waals surface area contributed by atoms with Crippen LogP contribution in [0, 0.1) is 0 Å². The van der Waals surface area contributed by atoms with Crippen molar-refractivity contribution < 1.29 is 14.4 Å². The molecule has 1 aromatic carbocycles. The number of aromatic nitrogens is 3. The first-order chi connectivity index (χ1) is 14.0. The fraction of sp³-hybridized carbons (Fsp3) is 0.263. The summed E-state index contributed by atoms with van der Waals surface area (Å²) in [5.41, 5.74) is 0.127. The lowest BCUT2D eigenvalue weighted by molar-refractivity contribution is 0.101. The van der Waals surface area contributed by atoms with E-state index in [9.17, 15) is 14.7 Å². The van der Waals surface area contributed by atoms with Crippen LogP contribution in [-0.2, 0) is 7.05 Å². The Hall–Kier alpha value is -3.33. The van der Waals surface area contributed by atoms with E-state index in [1.54, 1.807) is 0 Å². The molecule has 150 valence electrons. The summed E-state index contributed by atoms with van der Waals surface area (Å²) in [5, 5.41) is 16.8. The van der Waals surface area contributed by atoms with Gasteiger partial charge >= 0.3 is 0 Å². The standard InChI is InChI=1S/C19H18ClN5O4/c1-24-18(28)16(26)15(17(27)22-11-9-21-29-10-11)23-19(24)25-8-4-7-14(25)12-5-2-3-6-13(12)20/h2-3,5-6,9-10,14,26H,4,7-8H2,1H3,(H,22,27). The smallest absolute Gasteiger partial charge is 0.297 e. The van der Waals surface area contributed by atoms with Crippen LogP contribution >= 0.6 is 11.6 Å². The number of hydrogen-bond donors (Lipinski definition) is 2. The van der Waals surface area contributed by atoms with E-state index in [-0.39, 0.29) is 23.4 Å². The molecule has 1 unspecified atom stereocenters. The van der Waals surface area contributed by atoms with E-state index in [4.69, 9.17) is 11.6 Å². The van der Waals surface area contributed by atoms with Gasteiger partial charge in [-0.05, 0) is 24.5 Å². The quantitative estimate of drug-likeness (QED) is 0.673. The van der Waals surface area contributed by atoms with Crippen LogP contribution in [0.2, 0.25) is 5.02 Å².